The van der Waals surface area contributed by atoms with E-state index in [-0.39, 0.29) is 16.7 Å². The maximum atomic E-state index is 12.3. The summed E-state index contributed by atoms with van der Waals surface area (Å²) in [4.78, 5) is 16.1. The molecule has 3 rings (SSSR count). The van der Waals surface area contributed by atoms with E-state index in [1.165, 1.54) is 34.2 Å². The van der Waals surface area contributed by atoms with Gasteiger partial charge in [0.25, 0.3) is 0 Å². The zero-order chi connectivity index (χ0) is 19.4. The number of nitrogens with one attached hydrogen (secondary N) is 1. The maximum absolute atomic E-state index is 12.3. The van der Waals surface area contributed by atoms with Crippen molar-refractivity contribution < 1.29 is 22.1 Å². The van der Waals surface area contributed by atoms with Gasteiger partial charge in [-0.05, 0) is 38.1 Å². The van der Waals surface area contributed by atoms with Crippen LogP contribution in [0.3, 0.4) is 0 Å². The fraction of sp³-hybridized carbons (Fsp3) is 0.176. The van der Waals surface area contributed by atoms with Gasteiger partial charge in [-0.15, -0.1) is 0 Å². The van der Waals surface area contributed by atoms with Crippen LogP contribution >= 0.6 is 11.9 Å². The minimum absolute atomic E-state index is 0.0569. The van der Waals surface area contributed by atoms with Gasteiger partial charge >= 0.3 is 16.2 Å². The van der Waals surface area contributed by atoms with Gasteiger partial charge in [-0.2, -0.15) is 8.42 Å². The Hall–Kier alpha value is -2.72. The Bertz CT molecular complexity index is 962. The molecular formula is C17H17N3O5S2. The number of amides is 1. The van der Waals surface area contributed by atoms with Crippen molar-refractivity contribution in [2.24, 2.45) is 4.99 Å². The molecule has 8 nitrogen and oxygen atoms in total. The quantitative estimate of drug-likeness (QED) is 0.597. The summed E-state index contributed by atoms with van der Waals surface area (Å²) in [5, 5.41) is 0. The first-order valence-corrected chi connectivity index (χ1v) is 10.2. The Kier molecular flexibility index (Phi) is 5.57. The van der Waals surface area contributed by atoms with Crippen molar-refractivity contribution in [3.63, 3.8) is 0 Å². The monoisotopic (exact) mass is 407 g/mol. The molecule has 0 atom stereocenters. The van der Waals surface area contributed by atoms with E-state index in [1.807, 2.05) is 0 Å². The van der Waals surface area contributed by atoms with Crippen LogP contribution in [0.1, 0.15) is 13.8 Å². The van der Waals surface area contributed by atoms with Gasteiger partial charge in [0.1, 0.15) is 10.6 Å². The second-order valence-corrected chi connectivity index (χ2v) is 8.03. The minimum atomic E-state index is -3.95. The van der Waals surface area contributed by atoms with Gasteiger partial charge in [-0.25, -0.2) is 19.6 Å². The van der Waals surface area contributed by atoms with E-state index < -0.39 is 16.2 Å². The standard InChI is InChI=1S/C17H17N3O5S2/c1-12(2)24-17(21)19-20-16-9-8-13(10-15(16)18-11-26-20)25-27(22,23)14-6-4-3-5-7-14/h3-12H,1-2H3,(H,19,21). The Morgan fingerprint density at radius 3 is 2.63 bits per heavy atom. The van der Waals surface area contributed by atoms with Crippen molar-refractivity contribution in [1.29, 1.82) is 0 Å². The van der Waals surface area contributed by atoms with Crippen LogP contribution in [-0.2, 0) is 14.9 Å². The molecule has 1 aliphatic heterocycles. The normalized spacial score (nSPS) is 13.2. The average molecular weight is 407 g/mol. The van der Waals surface area contributed by atoms with Gasteiger partial charge in [0, 0.05) is 18.0 Å². The number of carbonyl (C=O) groups excluding carboxylic acids is 1. The molecule has 0 saturated heterocycles. The Morgan fingerprint density at radius 2 is 1.93 bits per heavy atom. The molecule has 142 valence electrons. The van der Waals surface area contributed by atoms with Crippen molar-refractivity contribution in [3.8, 4) is 5.75 Å². The van der Waals surface area contributed by atoms with E-state index in [1.54, 1.807) is 38.1 Å². The third-order valence-electron chi connectivity index (χ3n) is 3.28. The molecular weight excluding hydrogens is 390 g/mol. The third kappa shape index (κ3) is 4.72. The predicted molar refractivity (Wildman–Crippen MR) is 104 cm³/mol. The lowest BCUT2D eigenvalue weighted by atomic mass is 10.2. The lowest BCUT2D eigenvalue weighted by Crippen LogP contribution is -2.39. The molecule has 0 spiro atoms. The number of anilines is 1. The Balaban J connectivity index is 1.79. The second-order valence-electron chi connectivity index (χ2n) is 5.70. The maximum Gasteiger partial charge on any atom is 0.427 e. The van der Waals surface area contributed by atoms with Crippen LogP contribution in [0, 0.1) is 0 Å². The number of nitrogens with zero attached hydrogens (tertiary/aromatic N) is 2. The van der Waals surface area contributed by atoms with Crippen LogP contribution in [0.2, 0.25) is 0 Å². The average Bonchev–Trinajstić information content (AvgIpc) is 2.61. The van der Waals surface area contributed by atoms with Gasteiger partial charge in [0.15, 0.2) is 0 Å². The van der Waals surface area contributed by atoms with Gasteiger partial charge < -0.3 is 8.92 Å². The van der Waals surface area contributed by atoms with Gasteiger partial charge in [0.2, 0.25) is 0 Å². The molecule has 0 aliphatic carbocycles. The highest BCUT2D eigenvalue weighted by molar-refractivity contribution is 8.13. The Labute approximate surface area is 161 Å². The first-order chi connectivity index (χ1) is 12.8. The molecule has 0 bridgehead atoms. The summed E-state index contributed by atoms with van der Waals surface area (Å²) in [5.41, 5.74) is 5.10. The third-order valence-corrected chi connectivity index (χ3v) is 5.24. The molecule has 1 amide bonds. The molecule has 27 heavy (non-hydrogen) atoms. The zero-order valence-corrected chi connectivity index (χ0v) is 16.2. The molecule has 10 heteroatoms. The largest absolute Gasteiger partial charge is 0.446 e. The number of fused-ring (bicyclic) bond motifs is 1. The summed E-state index contributed by atoms with van der Waals surface area (Å²) in [6.07, 6.45) is -0.863. The number of benzene rings is 2. The molecule has 0 saturated carbocycles. The number of carbonyl (C=O) groups is 1. The number of rotatable bonds is 5. The lowest BCUT2D eigenvalue weighted by Gasteiger charge is -2.26. The molecule has 2 aromatic carbocycles. The molecule has 0 fully saturated rings. The first kappa shape index (κ1) is 19.1. The highest BCUT2D eigenvalue weighted by atomic mass is 32.2. The van der Waals surface area contributed by atoms with E-state index in [0.717, 1.165) is 11.9 Å². The van der Waals surface area contributed by atoms with Crippen molar-refractivity contribution in [2.75, 3.05) is 4.41 Å². The summed E-state index contributed by atoms with van der Waals surface area (Å²) in [6, 6.07) is 12.4. The van der Waals surface area contributed by atoms with Crippen molar-refractivity contribution in [1.82, 2.24) is 5.43 Å². The molecule has 1 N–H and O–H groups in total. The van der Waals surface area contributed by atoms with E-state index in [2.05, 4.69) is 10.4 Å². The molecule has 0 radical (unpaired) electrons. The van der Waals surface area contributed by atoms with E-state index >= 15 is 0 Å². The van der Waals surface area contributed by atoms with Gasteiger partial charge in [-0.1, -0.05) is 18.2 Å². The number of aliphatic imine (C=N–C) groups is 1. The zero-order valence-electron chi connectivity index (χ0n) is 14.5. The molecule has 1 heterocycles. The van der Waals surface area contributed by atoms with E-state index in [4.69, 9.17) is 8.92 Å². The number of hydrazine groups is 1. The highest BCUT2D eigenvalue weighted by Crippen LogP contribution is 2.38. The molecule has 0 aromatic heterocycles. The minimum Gasteiger partial charge on any atom is -0.446 e. The van der Waals surface area contributed by atoms with Crippen LogP contribution in [0.15, 0.2) is 58.4 Å². The van der Waals surface area contributed by atoms with E-state index in [9.17, 15) is 13.2 Å². The number of ether oxygens (including phenoxy) is 1. The fourth-order valence-corrected chi connectivity index (χ4v) is 3.78. The van der Waals surface area contributed by atoms with E-state index in [0.29, 0.717) is 11.4 Å². The van der Waals surface area contributed by atoms with Crippen LogP contribution in [0.4, 0.5) is 16.2 Å². The SMILES string of the molecule is CC(C)OC(=O)NN1SC=Nc2cc(OS(=O)(=O)c3ccccc3)ccc21. The van der Waals surface area contributed by atoms with Crippen molar-refractivity contribution in [2.45, 2.75) is 24.8 Å². The molecule has 2 aromatic rings. The van der Waals surface area contributed by atoms with Crippen LogP contribution in [0.25, 0.3) is 0 Å². The summed E-state index contributed by atoms with van der Waals surface area (Å²) in [5.74, 6) is 0.117. The smallest absolute Gasteiger partial charge is 0.427 e. The summed E-state index contributed by atoms with van der Waals surface area (Å²) >= 11 is 1.15. The molecule has 1 aliphatic rings. The van der Waals surface area contributed by atoms with Crippen molar-refractivity contribution >= 4 is 45.1 Å². The van der Waals surface area contributed by atoms with Gasteiger partial charge in [0.05, 0.1) is 23.0 Å². The Morgan fingerprint density at radius 1 is 1.19 bits per heavy atom. The molecule has 0 unspecified atom stereocenters. The summed E-state index contributed by atoms with van der Waals surface area (Å²) < 4.78 is 36.4. The first-order valence-electron chi connectivity index (χ1n) is 7.95. The summed E-state index contributed by atoms with van der Waals surface area (Å²) in [6.45, 7) is 3.49. The number of hydrogen-bond acceptors (Lipinski definition) is 8. The lowest BCUT2D eigenvalue weighted by molar-refractivity contribution is 0.116. The summed E-state index contributed by atoms with van der Waals surface area (Å²) in [7, 11) is -3.95. The van der Waals surface area contributed by atoms with Gasteiger partial charge in [-0.3, -0.25) is 0 Å². The topological polar surface area (TPSA) is 97.3 Å². The van der Waals surface area contributed by atoms with Crippen LogP contribution in [0.5, 0.6) is 5.75 Å². The fourth-order valence-electron chi connectivity index (χ4n) is 2.19. The van der Waals surface area contributed by atoms with Crippen molar-refractivity contribution in [3.05, 3.63) is 48.5 Å². The van der Waals surface area contributed by atoms with Crippen LogP contribution in [-0.4, -0.2) is 26.2 Å². The number of hydrogen-bond donors (Lipinski definition) is 1. The van der Waals surface area contributed by atoms with Crippen LogP contribution < -0.4 is 14.0 Å². The second kappa shape index (κ2) is 7.89. The predicted octanol–water partition coefficient (Wildman–Crippen LogP) is 3.63. The highest BCUT2D eigenvalue weighted by Gasteiger charge is 2.21.